The van der Waals surface area contributed by atoms with Crippen LogP contribution >= 0.6 is 0 Å². The Morgan fingerprint density at radius 1 is 0.757 bits per heavy atom. The molecule has 1 aliphatic carbocycles. The molecule has 11 heteroatoms. The van der Waals surface area contributed by atoms with Crippen LogP contribution in [0.25, 0.3) is 0 Å². The molecule has 2 unspecified atom stereocenters. The van der Waals surface area contributed by atoms with E-state index in [0.29, 0.717) is 0 Å². The van der Waals surface area contributed by atoms with Crippen LogP contribution in [0.4, 0.5) is 26.3 Å². The van der Waals surface area contributed by atoms with Crippen molar-refractivity contribution >= 4 is 10.1 Å². The quantitative estimate of drug-likeness (QED) is 0.281. The number of alkyl halides is 2. The van der Waals surface area contributed by atoms with Crippen LogP contribution in [0.2, 0.25) is 0 Å². The summed E-state index contributed by atoms with van der Waals surface area (Å²) in [5.74, 6) is -11.6. The van der Waals surface area contributed by atoms with Crippen LogP contribution in [0.1, 0.15) is 52.7 Å². The molecule has 0 aromatic heterocycles. The molecule has 3 nitrogen and oxygen atoms in total. The average Bonchev–Trinajstić information content (AvgIpc) is 2.79. The summed E-state index contributed by atoms with van der Waals surface area (Å²) in [6, 6.07) is 18.4. The van der Waals surface area contributed by atoms with Crippen molar-refractivity contribution in [1.82, 2.24) is 0 Å². The van der Waals surface area contributed by atoms with E-state index in [1.165, 1.54) is 18.3 Å². The van der Waals surface area contributed by atoms with Crippen LogP contribution in [0.5, 0.6) is 0 Å². The molecule has 0 N–H and O–H groups in total. The van der Waals surface area contributed by atoms with Gasteiger partial charge in [-0.3, -0.25) is 0 Å². The smallest absolute Gasteiger partial charge is 0.357 e. The Morgan fingerprint density at radius 2 is 1.11 bits per heavy atom. The van der Waals surface area contributed by atoms with Gasteiger partial charge in [-0.05, 0) is 46.2 Å². The minimum atomic E-state index is -6.42. The van der Waals surface area contributed by atoms with Crippen LogP contribution in [0, 0.1) is 7.14 Å². The zero-order valence-corrected chi connectivity index (χ0v) is 23.9. The fraction of sp³-hybridized carbons (Fsp3) is 0.385. The Labute approximate surface area is 223 Å². The fourth-order valence-corrected chi connectivity index (χ4v) is 5.95. The molecule has 0 amide bonds. The van der Waals surface area contributed by atoms with Gasteiger partial charge in [-0.25, -0.2) is 34.8 Å². The molecule has 37 heavy (non-hydrogen) atoms. The molecule has 2 aromatic carbocycles. The summed E-state index contributed by atoms with van der Waals surface area (Å²) in [6.07, 6.45) is -4.09. The third-order valence-corrected chi connectivity index (χ3v) is 9.24. The Morgan fingerprint density at radius 3 is 1.41 bits per heavy atom. The van der Waals surface area contributed by atoms with Gasteiger partial charge in [0.2, 0.25) is 6.17 Å². The first kappa shape index (κ1) is 31.4. The second-order valence-corrected chi connectivity index (χ2v) is 14.9. The van der Waals surface area contributed by atoms with Crippen molar-refractivity contribution in [2.45, 2.75) is 63.5 Å². The van der Waals surface area contributed by atoms with Crippen molar-refractivity contribution in [2.24, 2.45) is 0 Å². The Bertz CT molecular complexity index is 1240. The third-order valence-electron chi connectivity index (χ3n) is 5.45. The predicted molar refractivity (Wildman–Crippen MR) is 125 cm³/mol. The minimum absolute atomic E-state index is 0.0703. The summed E-state index contributed by atoms with van der Waals surface area (Å²) in [5.41, 5.74) is 3.31. The first-order chi connectivity index (χ1) is 16.7. The maximum Gasteiger partial charge on any atom is 0.357 e. The maximum absolute atomic E-state index is 13.2. The van der Waals surface area contributed by atoms with Gasteiger partial charge in [-0.2, -0.15) is 0 Å². The summed E-state index contributed by atoms with van der Waals surface area (Å²) in [4.78, 5) is 0. The number of rotatable bonds is 3. The minimum Gasteiger partial charge on any atom is -0.745 e. The summed E-state index contributed by atoms with van der Waals surface area (Å²) < 4.78 is 109. The van der Waals surface area contributed by atoms with Gasteiger partial charge in [0.05, 0.1) is 0 Å². The highest BCUT2D eigenvalue weighted by molar-refractivity contribution is 7.87. The maximum atomic E-state index is 13.2. The number of allylic oxidation sites excluding steroid dienone is 3. The highest BCUT2D eigenvalue weighted by Gasteiger charge is 2.59. The lowest BCUT2D eigenvalue weighted by atomic mass is 9.87. The van der Waals surface area contributed by atoms with Gasteiger partial charge in [-0.15, -0.1) is 0 Å². The van der Waals surface area contributed by atoms with Crippen LogP contribution in [0.15, 0.2) is 71.8 Å². The lowest BCUT2D eigenvalue weighted by molar-refractivity contribution is -0.597. The van der Waals surface area contributed by atoms with Gasteiger partial charge < -0.3 is 4.55 Å². The van der Waals surface area contributed by atoms with Gasteiger partial charge in [0, 0.05) is 0 Å². The van der Waals surface area contributed by atoms with E-state index >= 15 is 0 Å². The molecule has 0 aliphatic heterocycles. The van der Waals surface area contributed by atoms with E-state index in [4.69, 9.17) is 0 Å². The largest absolute Gasteiger partial charge is 0.745 e. The van der Waals surface area contributed by atoms with Crippen molar-refractivity contribution in [3.8, 4) is 0 Å². The topological polar surface area (TPSA) is 57.2 Å². The lowest BCUT2D eigenvalue weighted by Gasteiger charge is -2.31. The predicted octanol–water partition coefficient (Wildman–Crippen LogP) is 4.26. The lowest BCUT2D eigenvalue weighted by Crippen LogP contribution is -3.61. The summed E-state index contributed by atoms with van der Waals surface area (Å²) in [7, 11) is -6.42. The average molecular weight is 660 g/mol. The van der Waals surface area contributed by atoms with E-state index in [9.17, 15) is 39.3 Å². The molecule has 2 atom stereocenters. The van der Waals surface area contributed by atoms with Gasteiger partial charge in [-0.1, -0.05) is 65.8 Å². The van der Waals surface area contributed by atoms with Crippen LogP contribution < -0.4 is 21.2 Å². The standard InChI is InChI=1S/C20H26I.C6H2F6O3S/c1-19(2,3)15-7-11-17(12-8-15)21-18-13-9-16(10-14-18)20(4,5)6;7-1-2(8)4(10)6(12,16(13,14)15)5(11)3(1)9/h7-14H,1-6H3;4H,(H,13,14,15)/q+1;/p-1. The molecular weight excluding hydrogens is 633 g/mol. The highest BCUT2D eigenvalue weighted by atomic mass is 127. The molecule has 0 saturated heterocycles. The molecular formula is C26H27F6IO3S. The molecule has 2 aromatic rings. The van der Waals surface area contributed by atoms with E-state index in [2.05, 4.69) is 90.1 Å². The molecule has 0 fully saturated rings. The van der Waals surface area contributed by atoms with Gasteiger partial charge in [0.15, 0.2) is 30.4 Å². The SMILES string of the molecule is CC(C)(C)c1ccc([I+]c2ccc(C(C)(C)C)cc2)cc1.O=S(=O)([O-])C1(F)C(F)=C(F)C(F)=C(F)C1F. The molecule has 204 valence electrons. The second-order valence-electron chi connectivity index (χ2n) is 10.4. The van der Waals surface area contributed by atoms with E-state index in [-0.39, 0.29) is 32.0 Å². The summed E-state index contributed by atoms with van der Waals surface area (Å²) in [6.45, 7) is 13.6. The van der Waals surface area contributed by atoms with Crippen LogP contribution in [-0.4, -0.2) is 24.1 Å². The van der Waals surface area contributed by atoms with E-state index in [1.54, 1.807) is 0 Å². The Hall–Kier alpha value is -1.86. The van der Waals surface area contributed by atoms with Crippen LogP contribution in [0.3, 0.4) is 0 Å². The first-order valence-electron chi connectivity index (χ1n) is 11.0. The zero-order valence-electron chi connectivity index (χ0n) is 21.0. The number of hydrogen-bond donors (Lipinski definition) is 0. The second kappa shape index (κ2) is 11.1. The number of benzene rings is 2. The molecule has 0 heterocycles. The number of halogens is 7. The van der Waals surface area contributed by atoms with Gasteiger partial charge in [0.25, 0.3) is 5.00 Å². The zero-order chi connectivity index (χ0) is 28.6. The third kappa shape index (κ3) is 6.97. The molecule has 3 rings (SSSR count). The van der Waals surface area contributed by atoms with Gasteiger partial charge in [0.1, 0.15) is 10.1 Å². The Balaban J connectivity index is 0.000000271. The fourth-order valence-electron chi connectivity index (χ4n) is 3.12. The normalized spacial score (nSPS) is 21.1. The van der Waals surface area contributed by atoms with E-state index < -0.39 is 44.6 Å². The molecule has 0 saturated carbocycles. The first-order valence-corrected chi connectivity index (χ1v) is 14.5. The molecule has 0 bridgehead atoms. The van der Waals surface area contributed by atoms with Crippen molar-refractivity contribution in [3.63, 3.8) is 0 Å². The summed E-state index contributed by atoms with van der Waals surface area (Å²) >= 11 is -0.0703. The van der Waals surface area contributed by atoms with Crippen LogP contribution in [-0.2, 0) is 20.9 Å². The Kier molecular flexibility index (Phi) is 9.40. The van der Waals surface area contributed by atoms with Crippen molar-refractivity contribution in [2.75, 3.05) is 0 Å². The number of hydrogen-bond acceptors (Lipinski definition) is 3. The van der Waals surface area contributed by atoms with E-state index in [1.807, 2.05) is 0 Å². The van der Waals surface area contributed by atoms with Crippen molar-refractivity contribution in [1.29, 1.82) is 0 Å². The van der Waals surface area contributed by atoms with Crippen molar-refractivity contribution < 1.29 is 60.5 Å². The molecule has 0 radical (unpaired) electrons. The van der Waals surface area contributed by atoms with E-state index in [0.717, 1.165) is 0 Å². The summed E-state index contributed by atoms with van der Waals surface area (Å²) in [5, 5.41) is -5.13. The molecule has 0 spiro atoms. The van der Waals surface area contributed by atoms with Crippen molar-refractivity contribution in [3.05, 3.63) is 90.1 Å². The molecule has 1 aliphatic rings. The highest BCUT2D eigenvalue weighted by Crippen LogP contribution is 2.46. The van der Waals surface area contributed by atoms with Gasteiger partial charge >= 0.3 is 21.2 Å². The monoisotopic (exact) mass is 660 g/mol.